The maximum Gasteiger partial charge on any atom is 0.338 e. The van der Waals surface area contributed by atoms with Crippen molar-refractivity contribution in [1.29, 1.82) is 0 Å². The lowest BCUT2D eigenvalue weighted by Crippen LogP contribution is -2.38. The molecule has 84 valence electrons. The molecule has 0 aromatic carbocycles. The Morgan fingerprint density at radius 2 is 2.33 bits per heavy atom. The van der Waals surface area contributed by atoms with Crippen molar-refractivity contribution in [3.63, 3.8) is 0 Å². The predicted octanol–water partition coefficient (Wildman–Crippen LogP) is 0.730. The molecule has 6 heteroatoms. The third kappa shape index (κ3) is 3.86. The van der Waals surface area contributed by atoms with Crippen molar-refractivity contribution in [3.8, 4) is 0 Å². The summed E-state index contributed by atoms with van der Waals surface area (Å²) in [6, 6.07) is 2.91. The van der Waals surface area contributed by atoms with Crippen LogP contribution in [0.25, 0.3) is 0 Å². The molecule has 0 saturated carbocycles. The van der Waals surface area contributed by atoms with Crippen molar-refractivity contribution in [1.82, 2.24) is 5.06 Å². The molecule has 0 bridgehead atoms. The normalized spacial score (nSPS) is 12.5. The van der Waals surface area contributed by atoms with Crippen LogP contribution in [0, 0.1) is 6.92 Å². The minimum atomic E-state index is -0.962. The highest BCUT2D eigenvalue weighted by Crippen LogP contribution is 2.16. The Morgan fingerprint density at radius 1 is 1.67 bits per heavy atom. The molecule has 0 saturated heterocycles. The molecule has 1 rings (SSSR count). The van der Waals surface area contributed by atoms with Crippen LogP contribution in [-0.4, -0.2) is 34.1 Å². The number of nitrogens with zero attached hydrogens (tertiary/aromatic N) is 1. The van der Waals surface area contributed by atoms with Crippen molar-refractivity contribution in [3.05, 3.63) is 21.9 Å². The van der Waals surface area contributed by atoms with Gasteiger partial charge in [0, 0.05) is 16.2 Å². The number of urea groups is 1. The van der Waals surface area contributed by atoms with Gasteiger partial charge in [-0.3, -0.25) is 5.21 Å². The molecule has 1 aromatic heterocycles. The third-order valence-electron chi connectivity index (χ3n) is 1.87. The number of aliphatic hydroxyl groups excluding tert-OH is 1. The third-order valence-corrected chi connectivity index (χ3v) is 2.89. The molecule has 2 amide bonds. The number of carbonyl (C=O) groups excluding carboxylic acids is 1. The van der Waals surface area contributed by atoms with Gasteiger partial charge in [-0.25, -0.2) is 9.86 Å². The van der Waals surface area contributed by atoms with Crippen molar-refractivity contribution < 1.29 is 15.1 Å². The lowest BCUT2D eigenvalue weighted by Gasteiger charge is -2.15. The number of thiophene rings is 1. The van der Waals surface area contributed by atoms with Gasteiger partial charge in [-0.2, -0.15) is 0 Å². The lowest BCUT2D eigenvalue weighted by atomic mass is 10.2. The first-order chi connectivity index (χ1) is 6.99. The second-order valence-electron chi connectivity index (χ2n) is 3.29. The van der Waals surface area contributed by atoms with Gasteiger partial charge in [-0.1, -0.05) is 0 Å². The SMILES string of the molecule is Cc1ccc(CC(O)CN(O)C(N)=O)s1. The van der Waals surface area contributed by atoms with E-state index in [0.29, 0.717) is 11.5 Å². The minimum Gasteiger partial charge on any atom is -0.391 e. The molecule has 0 aliphatic heterocycles. The van der Waals surface area contributed by atoms with Crippen molar-refractivity contribution in [2.75, 3.05) is 6.54 Å². The number of aliphatic hydroxyl groups is 1. The van der Waals surface area contributed by atoms with Gasteiger partial charge in [-0.05, 0) is 19.1 Å². The molecular weight excluding hydrogens is 216 g/mol. The number of hydrogen-bond acceptors (Lipinski definition) is 4. The fraction of sp³-hybridized carbons (Fsp3) is 0.444. The minimum absolute atomic E-state index is 0.174. The van der Waals surface area contributed by atoms with Gasteiger partial charge in [0.05, 0.1) is 12.6 Å². The number of rotatable bonds is 4. The van der Waals surface area contributed by atoms with E-state index in [9.17, 15) is 9.90 Å². The summed E-state index contributed by atoms with van der Waals surface area (Å²) in [6.07, 6.45) is -0.399. The van der Waals surface area contributed by atoms with Crippen LogP contribution in [0.15, 0.2) is 12.1 Å². The summed E-state index contributed by atoms with van der Waals surface area (Å²) in [5.41, 5.74) is 4.81. The molecular formula is C9H14N2O3S. The summed E-state index contributed by atoms with van der Waals surface area (Å²) < 4.78 is 0. The molecule has 1 unspecified atom stereocenters. The molecule has 1 aromatic rings. The molecule has 5 nitrogen and oxygen atoms in total. The standard InChI is InChI=1S/C9H14N2O3S/c1-6-2-3-8(15-6)4-7(12)5-11(14)9(10)13/h2-3,7,12,14H,4-5H2,1H3,(H2,10,13). The molecule has 0 radical (unpaired) electrons. The highest BCUT2D eigenvalue weighted by atomic mass is 32.1. The Balaban J connectivity index is 2.42. The molecule has 1 atom stereocenters. The van der Waals surface area contributed by atoms with Crippen LogP contribution in [0.3, 0.4) is 0 Å². The Bertz CT molecular complexity index is 340. The van der Waals surface area contributed by atoms with Crippen LogP contribution >= 0.6 is 11.3 Å². The second-order valence-corrected chi connectivity index (χ2v) is 4.66. The van der Waals surface area contributed by atoms with E-state index < -0.39 is 12.1 Å². The number of hydrogen-bond donors (Lipinski definition) is 3. The van der Waals surface area contributed by atoms with E-state index >= 15 is 0 Å². The zero-order valence-corrected chi connectivity index (χ0v) is 9.20. The van der Waals surface area contributed by atoms with Gasteiger partial charge in [0.25, 0.3) is 0 Å². The fourth-order valence-corrected chi connectivity index (χ4v) is 2.14. The number of carbonyl (C=O) groups is 1. The summed E-state index contributed by atoms with van der Waals surface area (Å²) in [6.45, 7) is 1.80. The average molecular weight is 230 g/mol. The Kier molecular flexibility index (Phi) is 4.07. The van der Waals surface area contributed by atoms with E-state index in [1.165, 1.54) is 0 Å². The summed E-state index contributed by atoms with van der Waals surface area (Å²) in [5, 5.41) is 18.8. The molecule has 0 fully saturated rings. The lowest BCUT2D eigenvalue weighted by molar-refractivity contribution is -0.0653. The van der Waals surface area contributed by atoms with Crippen LogP contribution in [-0.2, 0) is 6.42 Å². The van der Waals surface area contributed by atoms with Gasteiger partial charge in [-0.15, -0.1) is 11.3 Å². The topological polar surface area (TPSA) is 86.8 Å². The van der Waals surface area contributed by atoms with Crippen LogP contribution < -0.4 is 5.73 Å². The number of primary amides is 1. The van der Waals surface area contributed by atoms with Crippen LogP contribution in [0.1, 0.15) is 9.75 Å². The van der Waals surface area contributed by atoms with E-state index in [0.717, 1.165) is 9.75 Å². The van der Waals surface area contributed by atoms with Gasteiger partial charge >= 0.3 is 6.03 Å². The molecule has 0 aliphatic carbocycles. The van der Waals surface area contributed by atoms with Gasteiger partial charge in [0.2, 0.25) is 0 Å². The number of aryl methyl sites for hydroxylation is 1. The largest absolute Gasteiger partial charge is 0.391 e. The number of hydroxylamine groups is 2. The van der Waals surface area contributed by atoms with E-state index in [4.69, 9.17) is 10.9 Å². The van der Waals surface area contributed by atoms with Crippen molar-refractivity contribution in [2.45, 2.75) is 19.4 Å². The zero-order valence-electron chi connectivity index (χ0n) is 8.38. The van der Waals surface area contributed by atoms with Crippen LogP contribution in [0.5, 0.6) is 0 Å². The van der Waals surface area contributed by atoms with Crippen molar-refractivity contribution >= 4 is 17.4 Å². The first-order valence-corrected chi connectivity index (χ1v) is 5.30. The molecule has 1 heterocycles. The molecule has 4 N–H and O–H groups in total. The summed E-state index contributed by atoms with van der Waals surface area (Å²) in [4.78, 5) is 12.7. The van der Waals surface area contributed by atoms with Crippen LogP contribution in [0.2, 0.25) is 0 Å². The summed E-state index contributed by atoms with van der Waals surface area (Å²) in [5.74, 6) is 0. The predicted molar refractivity (Wildman–Crippen MR) is 56.8 cm³/mol. The molecule has 0 spiro atoms. The first-order valence-electron chi connectivity index (χ1n) is 4.48. The zero-order chi connectivity index (χ0) is 11.4. The summed E-state index contributed by atoms with van der Waals surface area (Å²) >= 11 is 1.58. The number of nitrogens with two attached hydrogens (primary N) is 1. The molecule has 0 aliphatic rings. The Labute approximate surface area is 91.7 Å². The highest BCUT2D eigenvalue weighted by Gasteiger charge is 2.13. The van der Waals surface area contributed by atoms with E-state index in [1.54, 1.807) is 11.3 Å². The van der Waals surface area contributed by atoms with Crippen molar-refractivity contribution in [2.24, 2.45) is 5.73 Å². The van der Waals surface area contributed by atoms with Gasteiger partial charge < -0.3 is 10.8 Å². The van der Waals surface area contributed by atoms with Crippen LogP contribution in [0.4, 0.5) is 4.79 Å². The van der Waals surface area contributed by atoms with E-state index in [2.05, 4.69) is 0 Å². The highest BCUT2D eigenvalue weighted by molar-refractivity contribution is 7.11. The summed E-state index contributed by atoms with van der Waals surface area (Å²) in [7, 11) is 0. The second kappa shape index (κ2) is 5.11. The van der Waals surface area contributed by atoms with E-state index in [-0.39, 0.29) is 6.54 Å². The Hall–Kier alpha value is -1.11. The average Bonchev–Trinajstić information content (AvgIpc) is 2.50. The maximum atomic E-state index is 10.5. The quantitative estimate of drug-likeness (QED) is 0.526. The molecule has 15 heavy (non-hydrogen) atoms. The maximum absolute atomic E-state index is 10.5. The Morgan fingerprint density at radius 3 is 2.80 bits per heavy atom. The van der Waals surface area contributed by atoms with E-state index in [1.807, 2.05) is 19.1 Å². The number of amides is 2. The van der Waals surface area contributed by atoms with Gasteiger partial charge in [0.15, 0.2) is 0 Å². The first kappa shape index (κ1) is 12.0. The fourth-order valence-electron chi connectivity index (χ4n) is 1.18. The smallest absolute Gasteiger partial charge is 0.338 e. The van der Waals surface area contributed by atoms with Gasteiger partial charge in [0.1, 0.15) is 0 Å². The monoisotopic (exact) mass is 230 g/mol.